The van der Waals surface area contributed by atoms with Crippen LogP contribution in [0.4, 0.5) is 31.5 Å². The van der Waals surface area contributed by atoms with E-state index in [4.69, 9.17) is 27.4 Å². The van der Waals surface area contributed by atoms with Crippen LogP contribution in [0.15, 0.2) is 72.8 Å². The molecular formula is C30H21B2F2N8. The van der Waals surface area contributed by atoms with Gasteiger partial charge in [-0.2, -0.15) is 0 Å². The minimum atomic E-state index is -1.06. The molecular weight excluding hydrogens is 532 g/mol. The first-order valence-corrected chi connectivity index (χ1v) is 13.1. The Morgan fingerprint density at radius 1 is 0.667 bits per heavy atom. The van der Waals surface area contributed by atoms with Crippen molar-refractivity contribution in [1.82, 2.24) is 0 Å². The van der Waals surface area contributed by atoms with Crippen molar-refractivity contribution >= 4 is 69.6 Å². The highest BCUT2D eigenvalue weighted by molar-refractivity contribution is 6.80. The molecule has 0 spiro atoms. The van der Waals surface area contributed by atoms with Gasteiger partial charge in [-0.25, -0.2) is 8.78 Å². The number of halogens is 2. The first kappa shape index (κ1) is 25.5. The third-order valence-corrected chi connectivity index (χ3v) is 7.80. The van der Waals surface area contributed by atoms with Crippen LogP contribution in [0.2, 0.25) is 0 Å². The van der Waals surface area contributed by atoms with Gasteiger partial charge in [0, 0.05) is 54.9 Å². The molecule has 8 nitrogen and oxygen atoms in total. The lowest BCUT2D eigenvalue weighted by Crippen LogP contribution is -2.60. The van der Waals surface area contributed by atoms with Crippen LogP contribution in [-0.2, 0) is 0 Å². The molecule has 0 saturated carbocycles. The van der Waals surface area contributed by atoms with Gasteiger partial charge in [0.1, 0.15) is 11.6 Å². The van der Waals surface area contributed by atoms with Crippen LogP contribution in [0.5, 0.6) is 0 Å². The zero-order chi connectivity index (χ0) is 29.3. The fourth-order valence-electron chi connectivity index (χ4n) is 5.82. The van der Waals surface area contributed by atoms with E-state index < -0.39 is 50.5 Å². The number of benzene rings is 4. The van der Waals surface area contributed by atoms with Crippen molar-refractivity contribution < 1.29 is 8.78 Å². The van der Waals surface area contributed by atoms with E-state index in [1.54, 1.807) is 18.2 Å². The van der Waals surface area contributed by atoms with Crippen LogP contribution in [-0.4, -0.2) is 14.4 Å². The van der Waals surface area contributed by atoms with Crippen LogP contribution in [0.1, 0.15) is 0 Å². The molecule has 4 aromatic rings. The van der Waals surface area contributed by atoms with Crippen molar-refractivity contribution in [2.75, 3.05) is 21.4 Å². The molecule has 0 amide bonds. The number of nitrogen functional groups attached to an aromatic ring is 1. The van der Waals surface area contributed by atoms with Crippen LogP contribution < -0.4 is 53.8 Å². The van der Waals surface area contributed by atoms with Gasteiger partial charge >= 0.3 is 6.98 Å². The Bertz CT molecular complexity index is 2360. The van der Waals surface area contributed by atoms with Gasteiger partial charge < -0.3 is 21.4 Å². The largest absolute Gasteiger partial charge is 0.427 e. The molecule has 7 rings (SSSR count). The highest BCUT2D eigenvalue weighted by atomic mass is 19.1. The van der Waals surface area contributed by atoms with E-state index in [2.05, 4.69) is 15.7 Å². The molecule has 42 heavy (non-hydrogen) atoms. The van der Waals surface area contributed by atoms with E-state index >= 15 is 8.78 Å². The van der Waals surface area contributed by atoms with Crippen molar-refractivity contribution in [2.45, 2.75) is 0 Å². The van der Waals surface area contributed by atoms with E-state index in [9.17, 15) is 0 Å². The van der Waals surface area contributed by atoms with Gasteiger partial charge in [-0.15, -0.1) is 0 Å². The molecule has 201 valence electrons. The predicted molar refractivity (Wildman–Crippen MR) is 161 cm³/mol. The van der Waals surface area contributed by atoms with Crippen molar-refractivity contribution in [3.63, 3.8) is 0 Å². The van der Waals surface area contributed by atoms with Gasteiger partial charge in [-0.05, 0) is 35.0 Å². The van der Waals surface area contributed by atoms with Crippen molar-refractivity contribution in [3.8, 4) is 0 Å². The lowest BCUT2D eigenvalue weighted by Gasteiger charge is -2.27. The standard InChI is InChI=1S/C30H21B2F2N8/c33-25-21-22(27(36)29(38)23(25)31-40-16-10-2-6-13-5-1-9-15(35)19(13)16)26(34)24(30(39)28(21)37)32-41-17-11-3-7-14-8-4-12-18(42-32)20(14)17/h1-12,36-42H,35H2. The highest BCUT2D eigenvalue weighted by Crippen LogP contribution is 2.33. The second-order valence-electron chi connectivity index (χ2n) is 10.2. The summed E-state index contributed by atoms with van der Waals surface area (Å²) < 4.78 is 32.3. The molecule has 0 atom stereocenters. The van der Waals surface area contributed by atoms with E-state index in [0.29, 0.717) is 28.1 Å². The zero-order valence-electron chi connectivity index (χ0n) is 21.9. The van der Waals surface area contributed by atoms with Crippen LogP contribution in [0, 0.1) is 43.7 Å². The number of rotatable bonds is 4. The predicted octanol–water partition coefficient (Wildman–Crippen LogP) is 1.96. The summed E-state index contributed by atoms with van der Waals surface area (Å²) in [6.07, 6.45) is 0. The van der Waals surface area contributed by atoms with E-state index in [0.717, 1.165) is 16.2 Å². The van der Waals surface area contributed by atoms with E-state index in [1.807, 2.05) is 54.6 Å². The Labute approximate surface area is 237 Å². The maximum Gasteiger partial charge on any atom is 0.411 e. The summed E-state index contributed by atoms with van der Waals surface area (Å²) in [4.78, 5) is 0. The van der Waals surface area contributed by atoms with Gasteiger partial charge in [0.15, 0.2) is 0 Å². The molecule has 9 N–H and O–H groups in total. The average Bonchev–Trinajstić information content (AvgIpc) is 2.98. The molecule has 0 unspecified atom stereocenters. The smallest absolute Gasteiger partial charge is 0.411 e. The number of nitrogens with one attached hydrogen (secondary N) is 7. The fourth-order valence-corrected chi connectivity index (χ4v) is 5.82. The average molecular weight is 553 g/mol. The Hall–Kier alpha value is -5.51. The third-order valence-electron chi connectivity index (χ3n) is 7.80. The SMILES string of the molecule is N=c1c([B]Nc2cccc3cccc(N)c23)c(F)c2c(=N)c(=N)c(B3Nc4cccc5cccc(c45)N3)c(F)c=2c1=N. The van der Waals surface area contributed by atoms with Gasteiger partial charge in [0.25, 0.3) is 7.41 Å². The third kappa shape index (κ3) is 3.61. The Kier molecular flexibility index (Phi) is 5.62. The molecule has 1 radical (unpaired) electrons. The lowest BCUT2D eigenvalue weighted by molar-refractivity contribution is 0.597. The molecule has 0 bridgehead atoms. The van der Waals surface area contributed by atoms with Crippen LogP contribution >= 0.6 is 0 Å². The first-order chi connectivity index (χ1) is 20.3. The molecule has 0 saturated heterocycles. The summed E-state index contributed by atoms with van der Waals surface area (Å²) >= 11 is 0. The molecule has 4 aromatic carbocycles. The van der Waals surface area contributed by atoms with Gasteiger partial charge in [0.2, 0.25) is 0 Å². The summed E-state index contributed by atoms with van der Waals surface area (Å²) in [5.41, 5.74) is 8.08. The topological polar surface area (TPSA) is 158 Å². The molecule has 1 heterocycles. The van der Waals surface area contributed by atoms with Gasteiger partial charge in [-0.1, -0.05) is 48.5 Å². The maximum absolute atomic E-state index is 16.3. The fraction of sp³-hybridized carbons (Fsp3) is 0. The second kappa shape index (κ2) is 9.27. The quantitative estimate of drug-likeness (QED) is 0.124. The summed E-state index contributed by atoms with van der Waals surface area (Å²) in [5.74, 6) is -2.09. The number of hydrogen-bond donors (Lipinski definition) is 8. The summed E-state index contributed by atoms with van der Waals surface area (Å²) in [5, 5.41) is 44.1. The molecule has 1 aliphatic heterocycles. The minimum absolute atomic E-state index is 0.229. The lowest BCUT2D eigenvalue weighted by atomic mass is 9.64. The van der Waals surface area contributed by atoms with Crippen molar-refractivity contribution in [3.05, 3.63) is 116 Å². The number of anilines is 4. The number of hydrogen-bond acceptors (Lipinski definition) is 8. The first-order valence-electron chi connectivity index (χ1n) is 13.1. The maximum atomic E-state index is 16.3. The second-order valence-corrected chi connectivity index (χ2v) is 10.2. The number of nitrogens with two attached hydrogens (primary N) is 1. The Balaban J connectivity index is 1.37. The Morgan fingerprint density at radius 2 is 1.21 bits per heavy atom. The van der Waals surface area contributed by atoms with E-state index in [1.165, 1.54) is 7.41 Å². The van der Waals surface area contributed by atoms with E-state index in [-0.39, 0.29) is 10.9 Å². The summed E-state index contributed by atoms with van der Waals surface area (Å²) in [6.45, 7) is -0.965. The van der Waals surface area contributed by atoms with Crippen molar-refractivity contribution in [1.29, 1.82) is 21.6 Å². The highest BCUT2D eigenvalue weighted by Gasteiger charge is 2.31. The zero-order valence-corrected chi connectivity index (χ0v) is 21.9. The van der Waals surface area contributed by atoms with Crippen LogP contribution in [0.3, 0.4) is 0 Å². The van der Waals surface area contributed by atoms with Gasteiger partial charge in [0.05, 0.1) is 21.4 Å². The summed E-state index contributed by atoms with van der Waals surface area (Å²) in [7, 11) is 1.22. The molecule has 2 aliphatic carbocycles. The minimum Gasteiger partial charge on any atom is -0.427 e. The summed E-state index contributed by atoms with van der Waals surface area (Å²) in [6, 6.07) is 22.1. The van der Waals surface area contributed by atoms with Gasteiger partial charge in [-0.3, -0.25) is 21.6 Å². The molecule has 12 heteroatoms. The number of fused-ring (bicyclic) bond motifs is 1. The van der Waals surface area contributed by atoms with Crippen LogP contribution in [0.25, 0.3) is 21.5 Å². The monoisotopic (exact) mass is 553 g/mol. The Morgan fingerprint density at radius 3 is 1.88 bits per heavy atom. The molecule has 0 fully saturated rings. The molecule has 3 aliphatic rings. The normalized spacial score (nSPS) is 12.4. The van der Waals surface area contributed by atoms with Crippen molar-refractivity contribution in [2.24, 2.45) is 0 Å². The molecule has 0 aromatic heterocycles.